The summed E-state index contributed by atoms with van der Waals surface area (Å²) in [6, 6.07) is 5.71. The summed E-state index contributed by atoms with van der Waals surface area (Å²) in [7, 11) is 0. The topological polar surface area (TPSA) is 24.9 Å². The second kappa shape index (κ2) is 7.59. The predicted octanol–water partition coefficient (Wildman–Crippen LogP) is 4.39. The normalized spacial score (nSPS) is 22.0. The van der Waals surface area contributed by atoms with Crippen LogP contribution in [-0.2, 0) is 0 Å². The zero-order chi connectivity index (χ0) is 18.9. The van der Waals surface area contributed by atoms with Crippen LogP contribution in [0.5, 0.6) is 11.5 Å². The molecular weight excluding hydrogens is 338 g/mol. The summed E-state index contributed by atoms with van der Waals surface area (Å²) in [6.45, 7) is 9.43. The van der Waals surface area contributed by atoms with Crippen LogP contribution in [0.2, 0.25) is 0 Å². The van der Waals surface area contributed by atoms with Crippen LogP contribution in [0.1, 0.15) is 40.5 Å². The van der Waals surface area contributed by atoms with E-state index >= 15 is 0 Å². The van der Waals surface area contributed by atoms with Crippen molar-refractivity contribution < 1.29 is 18.3 Å². The standard InChI is InChI=1S/C20H30F2N2O2/c1-14-12-23(9-10-24(14)20(2,3)4)16-7-8-17(26-19(21)22)18(11-16)25-13-15-5-6-15/h7-8,11,14-15,19H,5-6,9-10,12-13H2,1-4H3. The van der Waals surface area contributed by atoms with E-state index in [9.17, 15) is 8.78 Å². The molecule has 146 valence electrons. The molecule has 1 aromatic carbocycles. The molecule has 1 saturated carbocycles. The number of alkyl halides is 2. The molecule has 3 rings (SSSR count). The number of hydrogen-bond donors (Lipinski definition) is 0. The first-order valence-corrected chi connectivity index (χ1v) is 9.47. The van der Waals surface area contributed by atoms with E-state index in [1.54, 1.807) is 6.07 Å². The molecule has 2 aliphatic rings. The Morgan fingerprint density at radius 3 is 2.46 bits per heavy atom. The number of anilines is 1. The average molecular weight is 368 g/mol. The summed E-state index contributed by atoms with van der Waals surface area (Å²) < 4.78 is 35.8. The lowest BCUT2D eigenvalue weighted by atomic mass is 10.0. The van der Waals surface area contributed by atoms with Gasteiger partial charge in [0.25, 0.3) is 0 Å². The van der Waals surface area contributed by atoms with E-state index in [0.29, 0.717) is 24.3 Å². The van der Waals surface area contributed by atoms with E-state index in [4.69, 9.17) is 4.74 Å². The van der Waals surface area contributed by atoms with Gasteiger partial charge < -0.3 is 14.4 Å². The van der Waals surface area contributed by atoms with Crippen LogP contribution in [0.4, 0.5) is 14.5 Å². The van der Waals surface area contributed by atoms with Crippen molar-refractivity contribution in [1.82, 2.24) is 4.90 Å². The third-order valence-corrected chi connectivity index (χ3v) is 5.17. The maximum absolute atomic E-state index is 12.7. The highest BCUT2D eigenvalue weighted by atomic mass is 19.3. The van der Waals surface area contributed by atoms with Crippen molar-refractivity contribution in [2.75, 3.05) is 31.1 Å². The molecule has 4 nitrogen and oxygen atoms in total. The number of piperazine rings is 1. The molecule has 26 heavy (non-hydrogen) atoms. The molecule has 6 heteroatoms. The third kappa shape index (κ3) is 4.78. The number of rotatable bonds is 6. The minimum Gasteiger partial charge on any atom is -0.489 e. The summed E-state index contributed by atoms with van der Waals surface area (Å²) in [6.07, 6.45) is 2.30. The number of halogens is 2. The van der Waals surface area contributed by atoms with Gasteiger partial charge in [0.05, 0.1) is 6.61 Å². The SMILES string of the molecule is CC1CN(c2ccc(OC(F)F)c(OCC3CC3)c2)CCN1C(C)(C)C. The fraction of sp³-hybridized carbons (Fsp3) is 0.700. The second-order valence-electron chi connectivity index (χ2n) is 8.42. The third-order valence-electron chi connectivity index (χ3n) is 5.17. The Labute approximate surface area is 155 Å². The lowest BCUT2D eigenvalue weighted by molar-refractivity contribution is -0.0515. The van der Waals surface area contributed by atoms with Crippen molar-refractivity contribution in [3.8, 4) is 11.5 Å². The van der Waals surface area contributed by atoms with Crippen molar-refractivity contribution in [1.29, 1.82) is 0 Å². The molecule has 1 saturated heterocycles. The van der Waals surface area contributed by atoms with Crippen LogP contribution < -0.4 is 14.4 Å². The molecule has 0 N–H and O–H groups in total. The fourth-order valence-corrected chi connectivity index (χ4v) is 3.68. The van der Waals surface area contributed by atoms with E-state index in [0.717, 1.165) is 38.2 Å². The lowest BCUT2D eigenvalue weighted by Gasteiger charge is -2.47. The van der Waals surface area contributed by atoms with Gasteiger partial charge in [0.1, 0.15) is 0 Å². The molecule has 1 atom stereocenters. The van der Waals surface area contributed by atoms with Gasteiger partial charge in [-0.3, -0.25) is 4.90 Å². The first kappa shape index (κ1) is 19.2. The smallest absolute Gasteiger partial charge is 0.387 e. The molecule has 0 bridgehead atoms. The minimum absolute atomic E-state index is 0.116. The highest BCUT2D eigenvalue weighted by Crippen LogP contribution is 2.37. The van der Waals surface area contributed by atoms with Gasteiger partial charge in [0.15, 0.2) is 11.5 Å². The summed E-state index contributed by atoms with van der Waals surface area (Å²) in [5, 5.41) is 0. The molecule has 1 aliphatic carbocycles. The fourth-order valence-electron chi connectivity index (χ4n) is 3.68. The van der Waals surface area contributed by atoms with Gasteiger partial charge in [-0.1, -0.05) is 0 Å². The number of benzene rings is 1. The summed E-state index contributed by atoms with van der Waals surface area (Å²) >= 11 is 0. The van der Waals surface area contributed by atoms with Crippen LogP contribution in [0.25, 0.3) is 0 Å². The van der Waals surface area contributed by atoms with E-state index in [1.807, 2.05) is 12.1 Å². The minimum atomic E-state index is -2.85. The van der Waals surface area contributed by atoms with Crippen molar-refractivity contribution in [3.05, 3.63) is 18.2 Å². The Kier molecular flexibility index (Phi) is 5.61. The summed E-state index contributed by atoms with van der Waals surface area (Å²) in [4.78, 5) is 4.80. The molecule has 1 heterocycles. The van der Waals surface area contributed by atoms with Gasteiger partial charge in [0, 0.05) is 43.0 Å². The first-order chi connectivity index (χ1) is 12.2. The zero-order valence-electron chi connectivity index (χ0n) is 16.2. The highest BCUT2D eigenvalue weighted by Gasteiger charge is 2.31. The Hall–Kier alpha value is -1.56. The molecule has 0 amide bonds. The van der Waals surface area contributed by atoms with Crippen LogP contribution in [-0.4, -0.2) is 49.3 Å². The maximum Gasteiger partial charge on any atom is 0.387 e. The van der Waals surface area contributed by atoms with Crippen LogP contribution in [0, 0.1) is 5.92 Å². The molecule has 2 fully saturated rings. The Morgan fingerprint density at radius 2 is 1.88 bits per heavy atom. The van der Waals surface area contributed by atoms with E-state index in [1.165, 1.54) is 0 Å². The summed E-state index contributed by atoms with van der Waals surface area (Å²) in [5.74, 6) is 1.08. The van der Waals surface area contributed by atoms with E-state index < -0.39 is 6.61 Å². The maximum atomic E-state index is 12.7. The molecule has 1 aliphatic heterocycles. The zero-order valence-corrected chi connectivity index (χ0v) is 16.2. The van der Waals surface area contributed by atoms with Gasteiger partial charge in [-0.15, -0.1) is 0 Å². The number of hydrogen-bond acceptors (Lipinski definition) is 4. The number of ether oxygens (including phenoxy) is 2. The Morgan fingerprint density at radius 1 is 1.15 bits per heavy atom. The van der Waals surface area contributed by atoms with Crippen LogP contribution in [0.15, 0.2) is 18.2 Å². The largest absolute Gasteiger partial charge is 0.489 e. The lowest BCUT2D eigenvalue weighted by Crippen LogP contribution is -2.58. The molecule has 0 radical (unpaired) electrons. The van der Waals surface area contributed by atoms with Gasteiger partial charge in [-0.25, -0.2) is 0 Å². The molecule has 1 unspecified atom stereocenters. The van der Waals surface area contributed by atoms with Crippen LogP contribution >= 0.6 is 0 Å². The summed E-state index contributed by atoms with van der Waals surface area (Å²) in [5.41, 5.74) is 1.14. The van der Waals surface area contributed by atoms with E-state index in [2.05, 4.69) is 42.2 Å². The Balaban J connectivity index is 1.73. The van der Waals surface area contributed by atoms with Crippen molar-refractivity contribution in [3.63, 3.8) is 0 Å². The molecular formula is C20H30F2N2O2. The van der Waals surface area contributed by atoms with E-state index in [-0.39, 0.29) is 11.3 Å². The average Bonchev–Trinajstić information content (AvgIpc) is 3.36. The van der Waals surface area contributed by atoms with Crippen molar-refractivity contribution in [2.24, 2.45) is 5.92 Å². The highest BCUT2D eigenvalue weighted by molar-refractivity contribution is 5.57. The monoisotopic (exact) mass is 368 g/mol. The predicted molar refractivity (Wildman–Crippen MR) is 99.4 cm³/mol. The number of nitrogens with zero attached hydrogens (tertiary/aromatic N) is 2. The molecule has 0 aromatic heterocycles. The molecule has 1 aromatic rings. The quantitative estimate of drug-likeness (QED) is 0.744. The van der Waals surface area contributed by atoms with Crippen molar-refractivity contribution in [2.45, 2.75) is 58.7 Å². The van der Waals surface area contributed by atoms with Crippen molar-refractivity contribution >= 4 is 5.69 Å². The second-order valence-corrected chi connectivity index (χ2v) is 8.42. The Bertz CT molecular complexity index is 614. The van der Waals surface area contributed by atoms with Gasteiger partial charge in [0.2, 0.25) is 0 Å². The van der Waals surface area contributed by atoms with Gasteiger partial charge in [-0.2, -0.15) is 8.78 Å². The van der Waals surface area contributed by atoms with Crippen LogP contribution in [0.3, 0.4) is 0 Å². The van der Waals surface area contributed by atoms with Gasteiger partial charge >= 0.3 is 6.61 Å². The first-order valence-electron chi connectivity index (χ1n) is 9.47. The van der Waals surface area contributed by atoms with Gasteiger partial charge in [-0.05, 0) is 58.6 Å². The molecule has 0 spiro atoms.